The van der Waals surface area contributed by atoms with Crippen molar-refractivity contribution in [3.63, 3.8) is 0 Å². The Morgan fingerprint density at radius 2 is 1.75 bits per heavy atom. The molecule has 0 saturated heterocycles. The maximum atomic E-state index is 15.0. The van der Waals surface area contributed by atoms with Crippen LogP contribution in [0.3, 0.4) is 0 Å². The van der Waals surface area contributed by atoms with Gasteiger partial charge in [0, 0.05) is 43.7 Å². The second-order valence-electron chi connectivity index (χ2n) is 10.3. The average Bonchev–Trinajstić information content (AvgIpc) is 3.04. The minimum absolute atomic E-state index is 0.0396. The highest BCUT2D eigenvalue weighted by Crippen LogP contribution is 2.34. The predicted molar refractivity (Wildman–Crippen MR) is 162 cm³/mol. The Bertz CT molecular complexity index is 1480. The Morgan fingerprint density at radius 1 is 0.977 bits per heavy atom. The number of ether oxygens (including phenoxy) is 2. The van der Waals surface area contributed by atoms with Crippen LogP contribution < -0.4 is 25.4 Å². The lowest BCUT2D eigenvalue weighted by Gasteiger charge is -2.23. The molecule has 1 atom stereocenters. The Morgan fingerprint density at radius 3 is 2.48 bits per heavy atom. The molecule has 3 aromatic rings. The van der Waals surface area contributed by atoms with Gasteiger partial charge < -0.3 is 30.3 Å². The lowest BCUT2D eigenvalue weighted by atomic mass is 10.1. The van der Waals surface area contributed by atoms with Gasteiger partial charge in [-0.15, -0.1) is 0 Å². The average molecular weight is 605 g/mol. The van der Waals surface area contributed by atoms with Gasteiger partial charge in [0.2, 0.25) is 11.8 Å². The van der Waals surface area contributed by atoms with E-state index < -0.39 is 11.9 Å². The van der Waals surface area contributed by atoms with Gasteiger partial charge in [-0.1, -0.05) is 31.2 Å². The number of hydrogen-bond acceptors (Lipinski definition) is 6. The number of fused-ring (bicyclic) bond motifs is 16. The molecular formula is C33H37FN4O6. The number of methoxy groups -OCH3 is 1. The Hall–Kier alpha value is -4.93. The van der Waals surface area contributed by atoms with E-state index in [0.717, 1.165) is 0 Å². The van der Waals surface area contributed by atoms with Crippen LogP contribution in [0.4, 0.5) is 4.39 Å². The molecule has 0 saturated carbocycles. The van der Waals surface area contributed by atoms with Gasteiger partial charge in [0.05, 0.1) is 7.11 Å². The van der Waals surface area contributed by atoms with Crippen LogP contribution in [0.15, 0.2) is 66.7 Å². The van der Waals surface area contributed by atoms with Crippen molar-refractivity contribution in [1.82, 2.24) is 20.9 Å². The summed E-state index contributed by atoms with van der Waals surface area (Å²) in [5, 5.41) is 8.35. The molecule has 2 heterocycles. The van der Waals surface area contributed by atoms with Crippen LogP contribution in [0.2, 0.25) is 0 Å². The summed E-state index contributed by atoms with van der Waals surface area (Å²) < 4.78 is 26.1. The van der Waals surface area contributed by atoms with Crippen LogP contribution in [0.25, 0.3) is 0 Å². The summed E-state index contributed by atoms with van der Waals surface area (Å²) in [4.78, 5) is 53.4. The molecule has 11 heteroatoms. The van der Waals surface area contributed by atoms with Crippen molar-refractivity contribution >= 4 is 23.6 Å². The fraction of sp³-hybridized carbons (Fsp3) is 0.333. The smallest absolute Gasteiger partial charge is 0.253 e. The molecule has 0 unspecified atom stereocenters. The monoisotopic (exact) mass is 604 g/mol. The normalized spacial score (nSPS) is 17.1. The SMILES string of the molecule is CC[C@@H]1NC(=O)CCCN(C(=O)c2ccccc2)CCCNC(=O)c2ccc(OC)c(c2)Oc2ccc(cc2F)CNC1=O. The molecule has 232 valence electrons. The number of halogens is 1. The topological polar surface area (TPSA) is 126 Å². The first kappa shape index (κ1) is 32.0. The summed E-state index contributed by atoms with van der Waals surface area (Å²) in [6, 6.07) is 17.0. The molecule has 0 aromatic heterocycles. The number of carbonyl (C=O) groups is 4. The van der Waals surface area contributed by atoms with Gasteiger partial charge in [0.1, 0.15) is 6.04 Å². The molecule has 5 rings (SSSR count). The van der Waals surface area contributed by atoms with Crippen LogP contribution in [-0.2, 0) is 16.1 Å². The largest absolute Gasteiger partial charge is 0.493 e. The van der Waals surface area contributed by atoms with Gasteiger partial charge in [-0.25, -0.2) is 4.39 Å². The Labute approximate surface area is 255 Å². The number of nitrogens with zero attached hydrogens (tertiary/aromatic N) is 1. The molecule has 4 bridgehead atoms. The second kappa shape index (κ2) is 15.5. The van der Waals surface area contributed by atoms with Crippen LogP contribution >= 0.6 is 0 Å². The number of nitrogens with one attached hydrogen (secondary N) is 3. The van der Waals surface area contributed by atoms with Crippen LogP contribution in [-0.4, -0.2) is 61.3 Å². The quantitative estimate of drug-likeness (QED) is 0.412. The first-order chi connectivity index (χ1) is 21.3. The number of amides is 4. The Balaban J connectivity index is 1.56. The first-order valence-electron chi connectivity index (χ1n) is 14.6. The molecule has 0 fully saturated rings. The molecule has 3 aromatic carbocycles. The van der Waals surface area contributed by atoms with Crippen molar-refractivity contribution in [2.75, 3.05) is 26.7 Å². The molecule has 0 aliphatic carbocycles. The third-order valence-electron chi connectivity index (χ3n) is 7.20. The van der Waals surface area contributed by atoms with Crippen LogP contribution in [0.5, 0.6) is 17.2 Å². The van der Waals surface area contributed by atoms with Crippen molar-refractivity contribution in [3.8, 4) is 17.2 Å². The third-order valence-corrected chi connectivity index (χ3v) is 7.20. The van der Waals surface area contributed by atoms with E-state index in [1.54, 1.807) is 54.3 Å². The number of benzene rings is 3. The molecule has 2 aliphatic heterocycles. The predicted octanol–water partition coefficient (Wildman–Crippen LogP) is 4.19. The molecule has 3 N–H and O–H groups in total. The maximum absolute atomic E-state index is 15.0. The van der Waals surface area contributed by atoms with Crippen LogP contribution in [0, 0.1) is 5.82 Å². The third kappa shape index (κ3) is 8.56. The van der Waals surface area contributed by atoms with Crippen molar-refractivity contribution in [1.29, 1.82) is 0 Å². The van der Waals surface area contributed by atoms with E-state index >= 15 is 4.39 Å². The summed E-state index contributed by atoms with van der Waals surface area (Å²) in [6.45, 7) is 2.77. The minimum Gasteiger partial charge on any atom is -0.493 e. The van der Waals surface area contributed by atoms with E-state index in [4.69, 9.17) is 9.47 Å². The summed E-state index contributed by atoms with van der Waals surface area (Å²) >= 11 is 0. The zero-order valence-corrected chi connectivity index (χ0v) is 24.9. The molecule has 2 aliphatic rings. The van der Waals surface area contributed by atoms with Gasteiger partial charge in [-0.2, -0.15) is 0 Å². The summed E-state index contributed by atoms with van der Waals surface area (Å²) in [5.41, 5.74) is 1.30. The summed E-state index contributed by atoms with van der Waals surface area (Å²) in [5.74, 6) is -1.53. The summed E-state index contributed by atoms with van der Waals surface area (Å²) in [7, 11) is 1.44. The zero-order valence-electron chi connectivity index (χ0n) is 24.9. The van der Waals surface area contributed by atoms with Gasteiger partial charge in [-0.3, -0.25) is 19.2 Å². The molecule has 10 nitrogen and oxygen atoms in total. The van der Waals surface area contributed by atoms with Crippen molar-refractivity contribution < 1.29 is 33.0 Å². The molecule has 44 heavy (non-hydrogen) atoms. The standard InChI is InChI=1S/C33H37FN4O6/c1-3-26-32(41)36-21-22-12-14-27(25(34)19-22)44-29-20-24(13-15-28(29)43-2)31(40)35-16-8-18-38(17-7-11-30(39)37-26)33(42)23-9-5-4-6-10-23/h4-6,9-10,12-15,19-20,26H,3,7-8,11,16-18,21H2,1-2H3,(H,35,40)(H,36,41)(H,37,39)/t26-/m0/s1. The van der Waals surface area contributed by atoms with Crippen molar-refractivity contribution in [2.45, 2.75) is 45.2 Å². The van der Waals surface area contributed by atoms with E-state index in [2.05, 4.69) is 16.0 Å². The van der Waals surface area contributed by atoms with E-state index in [9.17, 15) is 19.2 Å². The lowest BCUT2D eigenvalue weighted by molar-refractivity contribution is -0.129. The van der Waals surface area contributed by atoms with E-state index in [-0.39, 0.29) is 60.2 Å². The zero-order chi connectivity index (χ0) is 31.5. The molecule has 0 spiro atoms. The molecular weight excluding hydrogens is 567 g/mol. The van der Waals surface area contributed by atoms with E-state index in [1.807, 2.05) is 6.07 Å². The van der Waals surface area contributed by atoms with E-state index in [0.29, 0.717) is 49.2 Å². The highest BCUT2D eigenvalue weighted by atomic mass is 19.1. The summed E-state index contributed by atoms with van der Waals surface area (Å²) in [6.07, 6.45) is 1.33. The van der Waals surface area contributed by atoms with Gasteiger partial charge in [0.15, 0.2) is 23.1 Å². The van der Waals surface area contributed by atoms with Gasteiger partial charge >= 0.3 is 0 Å². The van der Waals surface area contributed by atoms with Crippen molar-refractivity contribution in [2.24, 2.45) is 0 Å². The first-order valence-corrected chi connectivity index (χ1v) is 14.6. The number of rotatable bonds is 3. The fourth-order valence-electron chi connectivity index (χ4n) is 4.77. The molecule has 0 radical (unpaired) electrons. The number of carbonyl (C=O) groups excluding carboxylic acids is 4. The number of hydrogen-bond donors (Lipinski definition) is 3. The Kier molecular flexibility index (Phi) is 11.3. The van der Waals surface area contributed by atoms with Gasteiger partial charge in [0.25, 0.3) is 11.8 Å². The second-order valence-corrected chi connectivity index (χ2v) is 10.3. The van der Waals surface area contributed by atoms with E-state index in [1.165, 1.54) is 25.3 Å². The molecule has 4 amide bonds. The minimum atomic E-state index is -0.762. The van der Waals surface area contributed by atoms with Crippen molar-refractivity contribution in [3.05, 3.63) is 89.2 Å². The highest BCUT2D eigenvalue weighted by Gasteiger charge is 2.21. The fourth-order valence-corrected chi connectivity index (χ4v) is 4.77. The lowest BCUT2D eigenvalue weighted by Crippen LogP contribution is -2.46. The van der Waals surface area contributed by atoms with Crippen LogP contribution in [0.1, 0.15) is 58.9 Å². The maximum Gasteiger partial charge on any atom is 0.253 e. The van der Waals surface area contributed by atoms with Gasteiger partial charge in [-0.05, 0) is 67.3 Å². The highest BCUT2D eigenvalue weighted by molar-refractivity contribution is 5.95.